The van der Waals surface area contributed by atoms with E-state index in [9.17, 15) is 9.18 Å². The first-order chi connectivity index (χ1) is 13.9. The van der Waals surface area contributed by atoms with E-state index in [1.54, 1.807) is 0 Å². The van der Waals surface area contributed by atoms with Crippen LogP contribution >= 0.6 is 24.0 Å². The van der Waals surface area contributed by atoms with E-state index in [4.69, 9.17) is 4.99 Å². The average molecular weight is 524 g/mol. The van der Waals surface area contributed by atoms with E-state index < -0.39 is 0 Å². The summed E-state index contributed by atoms with van der Waals surface area (Å²) in [5, 5.41) is 9.58. The molecule has 0 saturated carbocycles. The average Bonchev–Trinajstić information content (AvgIpc) is 2.70. The summed E-state index contributed by atoms with van der Waals surface area (Å²) in [6.07, 6.45) is 0.449. The number of hydrogen-bond donors (Lipinski definition) is 3. The lowest BCUT2D eigenvalue weighted by Gasteiger charge is -2.27. The molecule has 7 heteroatoms. The highest BCUT2D eigenvalue weighted by Crippen LogP contribution is 2.31. The Morgan fingerprint density at radius 1 is 1.17 bits per heavy atom. The predicted molar refractivity (Wildman–Crippen MR) is 131 cm³/mol. The lowest BCUT2D eigenvalue weighted by molar-refractivity contribution is -0.116. The van der Waals surface area contributed by atoms with Gasteiger partial charge in [-0.05, 0) is 36.2 Å². The summed E-state index contributed by atoms with van der Waals surface area (Å²) in [5.41, 5.74) is 2.83. The third kappa shape index (κ3) is 6.17. The molecule has 1 unspecified atom stereocenters. The van der Waals surface area contributed by atoms with Gasteiger partial charge in [-0.25, -0.2) is 4.39 Å². The van der Waals surface area contributed by atoms with E-state index in [0.717, 1.165) is 23.4 Å². The number of nitrogens with one attached hydrogen (secondary N) is 3. The maximum atomic E-state index is 13.2. The number of fused-ring (bicyclic) bond motifs is 1. The zero-order chi connectivity index (χ0) is 20.9. The topological polar surface area (TPSA) is 65.5 Å². The normalized spacial score (nSPS) is 16.2. The first kappa shape index (κ1) is 24.1. The molecular formula is C23H30FIN4O. The van der Waals surface area contributed by atoms with Gasteiger partial charge in [0.1, 0.15) is 5.82 Å². The number of aliphatic imine (C=N–C) groups is 1. The van der Waals surface area contributed by atoms with Gasteiger partial charge < -0.3 is 16.0 Å². The molecule has 0 aliphatic carbocycles. The fourth-order valence-corrected chi connectivity index (χ4v) is 3.51. The van der Waals surface area contributed by atoms with Crippen molar-refractivity contribution in [2.24, 2.45) is 4.99 Å². The third-order valence-electron chi connectivity index (χ3n) is 5.22. The summed E-state index contributed by atoms with van der Waals surface area (Å²) in [5.74, 6) is 0.606. The Morgan fingerprint density at radius 2 is 1.87 bits per heavy atom. The third-order valence-corrected chi connectivity index (χ3v) is 5.22. The molecule has 0 radical (unpaired) electrons. The van der Waals surface area contributed by atoms with Crippen LogP contribution in [-0.4, -0.2) is 31.5 Å². The van der Waals surface area contributed by atoms with Crippen LogP contribution in [0.5, 0.6) is 0 Å². The Kier molecular flexibility index (Phi) is 8.64. The molecular weight excluding hydrogens is 494 g/mol. The molecule has 5 nitrogen and oxygen atoms in total. The maximum Gasteiger partial charge on any atom is 0.225 e. The van der Waals surface area contributed by atoms with Gasteiger partial charge in [0, 0.05) is 36.5 Å². The lowest BCUT2D eigenvalue weighted by atomic mass is 9.85. The molecule has 0 fully saturated rings. The first-order valence-electron chi connectivity index (χ1n) is 10.1. The number of halogens is 2. The molecule has 0 aromatic heterocycles. The predicted octanol–water partition coefficient (Wildman–Crippen LogP) is 4.40. The van der Waals surface area contributed by atoms with Crippen molar-refractivity contribution in [3.05, 3.63) is 65.5 Å². The second kappa shape index (κ2) is 10.7. The molecule has 30 heavy (non-hydrogen) atoms. The summed E-state index contributed by atoms with van der Waals surface area (Å²) in [6, 6.07) is 14.5. The van der Waals surface area contributed by atoms with Crippen LogP contribution in [0.25, 0.3) is 0 Å². The molecule has 162 valence electrons. The van der Waals surface area contributed by atoms with Crippen LogP contribution in [-0.2, 0) is 10.2 Å². The first-order valence-corrected chi connectivity index (χ1v) is 10.1. The van der Waals surface area contributed by atoms with Crippen LogP contribution in [0.4, 0.5) is 10.1 Å². The molecule has 1 atom stereocenters. The van der Waals surface area contributed by atoms with Crippen molar-refractivity contribution in [1.82, 2.24) is 10.6 Å². The second-order valence-corrected chi connectivity index (χ2v) is 8.00. The van der Waals surface area contributed by atoms with Crippen molar-refractivity contribution in [3.63, 3.8) is 0 Å². The minimum Gasteiger partial charge on any atom is -0.357 e. The minimum atomic E-state index is -0.236. The molecule has 0 bridgehead atoms. The fraction of sp³-hybridized carbons (Fsp3) is 0.391. The summed E-state index contributed by atoms with van der Waals surface area (Å²) in [7, 11) is 0. The number of para-hydroxylation sites is 1. The van der Waals surface area contributed by atoms with Crippen molar-refractivity contribution in [2.45, 2.75) is 38.5 Å². The van der Waals surface area contributed by atoms with Crippen LogP contribution in [0.1, 0.15) is 44.2 Å². The van der Waals surface area contributed by atoms with Gasteiger partial charge in [-0.15, -0.1) is 24.0 Å². The van der Waals surface area contributed by atoms with Gasteiger partial charge in [0.25, 0.3) is 0 Å². The summed E-state index contributed by atoms with van der Waals surface area (Å²) >= 11 is 0. The fourth-order valence-electron chi connectivity index (χ4n) is 3.51. The van der Waals surface area contributed by atoms with Gasteiger partial charge in [0.2, 0.25) is 5.91 Å². The van der Waals surface area contributed by atoms with Gasteiger partial charge in [-0.3, -0.25) is 9.79 Å². The summed E-state index contributed by atoms with van der Waals surface area (Å²) < 4.78 is 13.2. The molecule has 0 spiro atoms. The van der Waals surface area contributed by atoms with Crippen LogP contribution in [0, 0.1) is 5.82 Å². The SMILES string of the molecule is CCNC(=NCC(C)(C)c1ccc(F)cc1)NCC1CC(=O)Nc2ccccc21.I. The number of anilines is 1. The molecule has 1 aliphatic rings. The van der Waals surface area contributed by atoms with Crippen molar-refractivity contribution < 1.29 is 9.18 Å². The Morgan fingerprint density at radius 3 is 2.57 bits per heavy atom. The highest BCUT2D eigenvalue weighted by molar-refractivity contribution is 14.0. The van der Waals surface area contributed by atoms with Crippen LogP contribution in [0.2, 0.25) is 0 Å². The number of guanidine groups is 1. The number of rotatable bonds is 6. The Balaban J connectivity index is 0.00000320. The van der Waals surface area contributed by atoms with E-state index >= 15 is 0 Å². The van der Waals surface area contributed by atoms with E-state index in [1.165, 1.54) is 12.1 Å². The maximum absolute atomic E-state index is 13.2. The van der Waals surface area contributed by atoms with Gasteiger partial charge in [0.05, 0.1) is 6.54 Å². The van der Waals surface area contributed by atoms with E-state index in [2.05, 4.69) is 35.9 Å². The van der Waals surface area contributed by atoms with Gasteiger partial charge >= 0.3 is 0 Å². The van der Waals surface area contributed by atoms with E-state index in [0.29, 0.717) is 25.5 Å². The lowest BCUT2D eigenvalue weighted by Crippen LogP contribution is -2.41. The number of carbonyl (C=O) groups is 1. The molecule has 1 amide bonds. The molecule has 1 aliphatic heterocycles. The molecule has 2 aromatic carbocycles. The zero-order valence-corrected chi connectivity index (χ0v) is 20.0. The number of hydrogen-bond acceptors (Lipinski definition) is 2. The second-order valence-electron chi connectivity index (χ2n) is 8.00. The molecule has 3 N–H and O–H groups in total. The summed E-state index contributed by atoms with van der Waals surface area (Å²) in [6.45, 7) is 8.11. The van der Waals surface area contributed by atoms with Gasteiger partial charge in [-0.2, -0.15) is 0 Å². The van der Waals surface area contributed by atoms with Gasteiger partial charge in [-0.1, -0.05) is 44.2 Å². The minimum absolute atomic E-state index is 0. The van der Waals surface area contributed by atoms with E-state index in [1.807, 2.05) is 37.3 Å². The van der Waals surface area contributed by atoms with Crippen LogP contribution in [0.15, 0.2) is 53.5 Å². The molecule has 2 aromatic rings. The molecule has 1 heterocycles. The number of carbonyl (C=O) groups excluding carboxylic acids is 1. The Bertz CT molecular complexity index is 883. The monoisotopic (exact) mass is 524 g/mol. The van der Waals surface area contributed by atoms with Crippen LogP contribution < -0.4 is 16.0 Å². The molecule has 3 rings (SSSR count). The highest BCUT2D eigenvalue weighted by atomic mass is 127. The number of amides is 1. The quantitative estimate of drug-likeness (QED) is 0.298. The van der Waals surface area contributed by atoms with Crippen molar-refractivity contribution in [2.75, 3.05) is 25.0 Å². The van der Waals surface area contributed by atoms with E-state index in [-0.39, 0.29) is 47.0 Å². The van der Waals surface area contributed by atoms with Crippen molar-refractivity contribution in [1.29, 1.82) is 0 Å². The van der Waals surface area contributed by atoms with Gasteiger partial charge in [0.15, 0.2) is 5.96 Å². The number of nitrogens with zero attached hydrogens (tertiary/aromatic N) is 1. The zero-order valence-electron chi connectivity index (χ0n) is 17.7. The Labute approximate surface area is 195 Å². The van der Waals surface area contributed by atoms with Crippen molar-refractivity contribution in [3.8, 4) is 0 Å². The highest BCUT2D eigenvalue weighted by Gasteiger charge is 2.25. The summed E-state index contributed by atoms with van der Waals surface area (Å²) in [4.78, 5) is 16.8. The number of benzene rings is 2. The standard InChI is InChI=1S/C23H29FN4O.HI/c1-4-25-22(27-15-23(2,3)17-9-11-18(24)12-10-17)26-14-16-13-21(29)28-20-8-6-5-7-19(16)20;/h5-12,16H,4,13-15H2,1-3H3,(H,28,29)(H2,25,26,27);1H. The Hall–Kier alpha value is -2.16. The van der Waals surface area contributed by atoms with Crippen LogP contribution in [0.3, 0.4) is 0 Å². The van der Waals surface area contributed by atoms with Crippen molar-refractivity contribution >= 4 is 41.5 Å². The largest absolute Gasteiger partial charge is 0.357 e. The molecule has 0 saturated heterocycles. The smallest absolute Gasteiger partial charge is 0.225 e.